The van der Waals surface area contributed by atoms with Gasteiger partial charge in [0.2, 0.25) is 0 Å². The fourth-order valence-corrected chi connectivity index (χ4v) is 2.57. The van der Waals surface area contributed by atoms with Gasteiger partial charge in [-0.25, -0.2) is 0 Å². The first kappa shape index (κ1) is 13.7. The number of rotatable bonds is 4. The van der Waals surface area contributed by atoms with Gasteiger partial charge < -0.3 is 19.6 Å². The third-order valence-electron chi connectivity index (χ3n) is 3.67. The second-order valence-corrected chi connectivity index (χ2v) is 5.13. The number of aliphatic hydroxyl groups excluding tert-OH is 1. The van der Waals surface area contributed by atoms with Crippen LogP contribution in [-0.2, 0) is 0 Å². The summed E-state index contributed by atoms with van der Waals surface area (Å²) in [5, 5.41) is 12.8. The van der Waals surface area contributed by atoms with Crippen molar-refractivity contribution in [3.05, 3.63) is 42.2 Å². The Morgan fingerprint density at radius 2 is 2.33 bits per heavy atom. The van der Waals surface area contributed by atoms with Gasteiger partial charge in [-0.3, -0.25) is 4.79 Å². The average molecular weight is 287 g/mol. The molecule has 1 aromatic carbocycles. The SMILES string of the molecule is COc1cccc2cc(C(=O)N[C@@H]3C=C[C@H](CO)C3)oc12. The second kappa shape index (κ2) is 5.61. The largest absolute Gasteiger partial charge is 0.493 e. The molecule has 1 aliphatic rings. The molecule has 2 aromatic rings. The van der Waals surface area contributed by atoms with Crippen LogP contribution in [0.3, 0.4) is 0 Å². The summed E-state index contributed by atoms with van der Waals surface area (Å²) in [6.45, 7) is 0.102. The summed E-state index contributed by atoms with van der Waals surface area (Å²) in [5.41, 5.74) is 0.570. The van der Waals surface area contributed by atoms with Gasteiger partial charge >= 0.3 is 0 Å². The zero-order valence-corrected chi connectivity index (χ0v) is 11.7. The first-order valence-electron chi connectivity index (χ1n) is 6.88. The van der Waals surface area contributed by atoms with Crippen molar-refractivity contribution in [1.29, 1.82) is 0 Å². The van der Waals surface area contributed by atoms with E-state index in [2.05, 4.69) is 5.32 Å². The summed E-state index contributed by atoms with van der Waals surface area (Å²) in [6, 6.07) is 7.15. The van der Waals surface area contributed by atoms with E-state index in [0.717, 1.165) is 5.39 Å². The van der Waals surface area contributed by atoms with Crippen LogP contribution in [0.5, 0.6) is 5.75 Å². The number of aliphatic hydroxyl groups is 1. The number of furan rings is 1. The van der Waals surface area contributed by atoms with E-state index >= 15 is 0 Å². The van der Waals surface area contributed by atoms with Gasteiger partial charge in [0.25, 0.3) is 5.91 Å². The Morgan fingerprint density at radius 1 is 1.48 bits per heavy atom. The first-order chi connectivity index (χ1) is 10.2. The van der Waals surface area contributed by atoms with Crippen LogP contribution in [-0.4, -0.2) is 30.8 Å². The highest BCUT2D eigenvalue weighted by atomic mass is 16.5. The molecule has 21 heavy (non-hydrogen) atoms. The number of hydrogen-bond acceptors (Lipinski definition) is 4. The number of carbonyl (C=O) groups is 1. The summed E-state index contributed by atoms with van der Waals surface area (Å²) in [4.78, 5) is 12.2. The van der Waals surface area contributed by atoms with E-state index in [-0.39, 0.29) is 30.2 Å². The maximum atomic E-state index is 12.2. The molecule has 1 heterocycles. The van der Waals surface area contributed by atoms with Crippen LogP contribution in [0.2, 0.25) is 0 Å². The van der Waals surface area contributed by atoms with Gasteiger partial charge in [-0.2, -0.15) is 0 Å². The third kappa shape index (κ3) is 2.64. The Bertz CT molecular complexity index is 689. The molecule has 110 valence electrons. The fraction of sp³-hybridized carbons (Fsp3) is 0.312. The topological polar surface area (TPSA) is 71.7 Å². The summed E-state index contributed by atoms with van der Waals surface area (Å²) < 4.78 is 10.8. The van der Waals surface area contributed by atoms with Crippen molar-refractivity contribution >= 4 is 16.9 Å². The maximum Gasteiger partial charge on any atom is 0.287 e. The molecule has 1 aromatic heterocycles. The predicted molar refractivity (Wildman–Crippen MR) is 78.4 cm³/mol. The molecule has 0 saturated carbocycles. The Kier molecular flexibility index (Phi) is 3.66. The number of nitrogens with one attached hydrogen (secondary N) is 1. The smallest absolute Gasteiger partial charge is 0.287 e. The molecule has 0 fully saturated rings. The van der Waals surface area contributed by atoms with Crippen LogP contribution in [0.1, 0.15) is 17.0 Å². The Labute approximate surface area is 122 Å². The number of hydrogen-bond donors (Lipinski definition) is 2. The molecule has 5 heteroatoms. The van der Waals surface area contributed by atoms with Crippen molar-refractivity contribution in [2.75, 3.05) is 13.7 Å². The molecule has 0 radical (unpaired) electrons. The lowest BCUT2D eigenvalue weighted by Crippen LogP contribution is -2.32. The third-order valence-corrected chi connectivity index (χ3v) is 3.67. The second-order valence-electron chi connectivity index (χ2n) is 5.13. The number of fused-ring (bicyclic) bond motifs is 1. The van der Waals surface area contributed by atoms with Crippen LogP contribution in [0, 0.1) is 5.92 Å². The zero-order valence-electron chi connectivity index (χ0n) is 11.7. The van der Waals surface area contributed by atoms with Crippen LogP contribution in [0.4, 0.5) is 0 Å². The molecular formula is C16H17NO4. The summed E-state index contributed by atoms with van der Waals surface area (Å²) in [7, 11) is 1.56. The summed E-state index contributed by atoms with van der Waals surface area (Å²) >= 11 is 0. The fourth-order valence-electron chi connectivity index (χ4n) is 2.57. The summed E-state index contributed by atoms with van der Waals surface area (Å²) in [6.07, 6.45) is 4.54. The van der Waals surface area contributed by atoms with E-state index in [1.165, 1.54) is 0 Å². The minimum absolute atomic E-state index is 0.0650. The number of carbonyl (C=O) groups excluding carboxylic acids is 1. The Hall–Kier alpha value is -2.27. The molecule has 0 saturated heterocycles. The standard InChI is InChI=1S/C16H17NO4/c1-20-13-4-2-3-11-8-14(21-15(11)13)16(19)17-12-6-5-10(7-12)9-18/h2-6,8,10,12,18H,7,9H2,1H3,(H,17,19)/t10-,12+/m0/s1. The van der Waals surface area contributed by atoms with Crippen LogP contribution in [0.25, 0.3) is 11.0 Å². The lowest BCUT2D eigenvalue weighted by Gasteiger charge is -2.11. The number of amides is 1. The highest BCUT2D eigenvalue weighted by Crippen LogP contribution is 2.28. The minimum Gasteiger partial charge on any atom is -0.493 e. The van der Waals surface area contributed by atoms with Gasteiger partial charge in [0, 0.05) is 24.0 Å². The number of para-hydroxylation sites is 1. The van der Waals surface area contributed by atoms with E-state index < -0.39 is 0 Å². The quantitative estimate of drug-likeness (QED) is 0.845. The van der Waals surface area contributed by atoms with Crippen molar-refractivity contribution < 1.29 is 19.1 Å². The van der Waals surface area contributed by atoms with Gasteiger partial charge in [0.1, 0.15) is 0 Å². The lowest BCUT2D eigenvalue weighted by molar-refractivity contribution is 0.0915. The van der Waals surface area contributed by atoms with Gasteiger partial charge in [0.05, 0.1) is 7.11 Å². The first-order valence-corrected chi connectivity index (χ1v) is 6.88. The minimum atomic E-state index is -0.263. The maximum absolute atomic E-state index is 12.2. The molecule has 2 N–H and O–H groups in total. The lowest BCUT2D eigenvalue weighted by atomic mass is 10.1. The Morgan fingerprint density at radius 3 is 3.05 bits per heavy atom. The van der Waals surface area contributed by atoms with Crippen molar-refractivity contribution in [3.8, 4) is 5.75 Å². The van der Waals surface area contributed by atoms with Crippen molar-refractivity contribution in [1.82, 2.24) is 5.32 Å². The molecule has 3 rings (SSSR count). The van der Waals surface area contributed by atoms with Gasteiger partial charge in [-0.1, -0.05) is 24.3 Å². The van der Waals surface area contributed by atoms with Crippen molar-refractivity contribution in [2.24, 2.45) is 5.92 Å². The van der Waals surface area contributed by atoms with Crippen LogP contribution >= 0.6 is 0 Å². The van der Waals surface area contributed by atoms with E-state index in [9.17, 15) is 4.79 Å². The molecule has 0 unspecified atom stereocenters. The molecule has 0 aliphatic heterocycles. The van der Waals surface area contributed by atoms with E-state index in [1.54, 1.807) is 19.2 Å². The predicted octanol–water partition coefficient (Wildman–Crippen LogP) is 2.11. The van der Waals surface area contributed by atoms with Gasteiger partial charge in [0.15, 0.2) is 17.1 Å². The van der Waals surface area contributed by atoms with E-state index in [4.69, 9.17) is 14.3 Å². The van der Waals surface area contributed by atoms with Crippen LogP contribution < -0.4 is 10.1 Å². The van der Waals surface area contributed by atoms with Gasteiger partial charge in [-0.15, -0.1) is 0 Å². The number of benzene rings is 1. The molecule has 5 nitrogen and oxygen atoms in total. The summed E-state index contributed by atoms with van der Waals surface area (Å²) in [5.74, 6) is 0.718. The highest BCUT2D eigenvalue weighted by molar-refractivity contribution is 5.97. The molecule has 2 atom stereocenters. The monoisotopic (exact) mass is 287 g/mol. The zero-order chi connectivity index (χ0) is 14.8. The molecule has 0 spiro atoms. The molecular weight excluding hydrogens is 270 g/mol. The van der Waals surface area contributed by atoms with Crippen molar-refractivity contribution in [2.45, 2.75) is 12.5 Å². The average Bonchev–Trinajstić information content (AvgIpc) is 3.12. The molecule has 0 bridgehead atoms. The number of ether oxygens (including phenoxy) is 1. The molecule has 1 amide bonds. The highest BCUT2D eigenvalue weighted by Gasteiger charge is 2.22. The molecule has 1 aliphatic carbocycles. The van der Waals surface area contributed by atoms with E-state index in [1.807, 2.05) is 24.3 Å². The van der Waals surface area contributed by atoms with Gasteiger partial charge in [-0.05, 0) is 18.6 Å². The van der Waals surface area contributed by atoms with Crippen molar-refractivity contribution in [3.63, 3.8) is 0 Å². The number of methoxy groups -OCH3 is 1. The normalized spacial score (nSPS) is 20.9. The Balaban J connectivity index is 1.78. The van der Waals surface area contributed by atoms with Crippen LogP contribution in [0.15, 0.2) is 40.8 Å². The van der Waals surface area contributed by atoms with E-state index in [0.29, 0.717) is 17.8 Å².